The molecule has 0 radical (unpaired) electrons. The van der Waals surface area contributed by atoms with Crippen molar-refractivity contribution in [3.63, 3.8) is 0 Å². The second kappa shape index (κ2) is 16.0. The highest BCUT2D eigenvalue weighted by molar-refractivity contribution is 5.91. The number of aromatic nitrogens is 10. The summed E-state index contributed by atoms with van der Waals surface area (Å²) in [5.41, 5.74) is -0.342. The Labute approximate surface area is 377 Å². The highest BCUT2D eigenvalue weighted by Gasteiger charge is 2.42. The van der Waals surface area contributed by atoms with Crippen LogP contribution in [0.5, 0.6) is 28.7 Å². The van der Waals surface area contributed by atoms with Crippen LogP contribution in [0.2, 0.25) is 0 Å². The van der Waals surface area contributed by atoms with E-state index in [0.29, 0.717) is 67.0 Å². The molecule has 21 nitrogen and oxygen atoms in total. The van der Waals surface area contributed by atoms with Crippen LogP contribution >= 0.6 is 0 Å². The molecule has 10 rings (SSSR count). The summed E-state index contributed by atoms with van der Waals surface area (Å²) in [6, 6.07) is 14.9. The van der Waals surface area contributed by atoms with Crippen LogP contribution in [-0.4, -0.2) is 80.5 Å². The van der Waals surface area contributed by atoms with E-state index in [-0.39, 0.29) is 56.2 Å². The Morgan fingerprint density at radius 2 is 1.10 bits per heavy atom. The third-order valence-electron chi connectivity index (χ3n) is 13.0. The number of nitrogens with zero attached hydrogens (tertiary/aromatic N) is 10. The molecule has 344 valence electrons. The minimum absolute atomic E-state index is 0.00361. The number of aromatic hydroxyl groups is 1. The van der Waals surface area contributed by atoms with E-state index in [0.717, 1.165) is 9.13 Å². The summed E-state index contributed by atoms with van der Waals surface area (Å²) in [5, 5.41) is 12.0. The normalized spacial score (nSPS) is 15.3. The van der Waals surface area contributed by atoms with E-state index >= 15 is 0 Å². The summed E-state index contributed by atoms with van der Waals surface area (Å²) >= 11 is 0. The predicted octanol–water partition coefficient (Wildman–Crippen LogP) is 1.59. The molecule has 8 aromatic rings. The molecule has 67 heavy (non-hydrogen) atoms. The first-order chi connectivity index (χ1) is 32.3. The Bertz CT molecular complexity index is 3800. The molecular formula is C46H44N10O11. The highest BCUT2D eigenvalue weighted by atomic mass is 16.5. The quantitative estimate of drug-likeness (QED) is 0.182. The van der Waals surface area contributed by atoms with Crippen LogP contribution in [-0.2, 0) is 53.1 Å². The maximum atomic E-state index is 14.7. The van der Waals surface area contributed by atoms with Gasteiger partial charge in [-0.25, -0.2) is 57.0 Å². The van der Waals surface area contributed by atoms with E-state index < -0.39 is 46.0 Å². The molecule has 2 atom stereocenters. The number of hydrogen-bond donors (Lipinski definition) is 1. The van der Waals surface area contributed by atoms with Crippen LogP contribution in [0.3, 0.4) is 0 Å². The van der Waals surface area contributed by atoms with Crippen LogP contribution < -0.4 is 52.8 Å². The fourth-order valence-electron chi connectivity index (χ4n) is 9.64. The minimum atomic E-state index is -0.987. The van der Waals surface area contributed by atoms with E-state index in [4.69, 9.17) is 18.9 Å². The van der Waals surface area contributed by atoms with Crippen molar-refractivity contribution >= 4 is 32.8 Å². The van der Waals surface area contributed by atoms with Gasteiger partial charge in [-0.3, -0.25) is 9.59 Å². The Balaban J connectivity index is 1.06. The first-order valence-electron chi connectivity index (χ1n) is 21.3. The molecule has 0 saturated carbocycles. The number of rotatable bonds is 11. The molecule has 2 aliphatic heterocycles. The van der Waals surface area contributed by atoms with Gasteiger partial charge >= 0.3 is 22.8 Å². The van der Waals surface area contributed by atoms with Crippen molar-refractivity contribution in [2.75, 3.05) is 28.4 Å². The summed E-state index contributed by atoms with van der Waals surface area (Å²) in [5.74, 6) is 1.64. The number of benzene rings is 4. The van der Waals surface area contributed by atoms with Crippen molar-refractivity contribution in [1.29, 1.82) is 0 Å². The van der Waals surface area contributed by atoms with Crippen molar-refractivity contribution in [1.82, 2.24) is 47.0 Å². The molecule has 21 heteroatoms. The van der Waals surface area contributed by atoms with Gasteiger partial charge in [-0.2, -0.15) is 0 Å². The van der Waals surface area contributed by atoms with Crippen LogP contribution in [0.25, 0.3) is 32.8 Å². The SMILES string of the molecule is COc1cc2nc(CCn3c(=O)n4n(c3=O)C3Cn5c(=O)n(CCc6nc7cc(OC)c(OC)cc7n(C)c6=O)c(=O)n5C(c5ccc(O)c6ccccc56)C3=CC4)c(=O)n(C)c2cc1OC. The van der Waals surface area contributed by atoms with Crippen molar-refractivity contribution in [2.45, 2.75) is 51.1 Å². The molecule has 2 aliphatic rings. The zero-order valence-electron chi connectivity index (χ0n) is 37.3. The van der Waals surface area contributed by atoms with Crippen LogP contribution in [0.1, 0.15) is 29.0 Å². The molecule has 2 unspecified atom stereocenters. The van der Waals surface area contributed by atoms with Crippen molar-refractivity contribution in [2.24, 2.45) is 14.1 Å². The lowest BCUT2D eigenvalue weighted by atomic mass is 9.87. The van der Waals surface area contributed by atoms with E-state index in [9.17, 15) is 33.9 Å². The maximum Gasteiger partial charge on any atom is 0.348 e. The predicted molar refractivity (Wildman–Crippen MR) is 244 cm³/mol. The second-order valence-electron chi connectivity index (χ2n) is 16.4. The lowest BCUT2D eigenvalue weighted by Gasteiger charge is -2.38. The molecule has 0 aliphatic carbocycles. The number of phenolic OH excluding ortho intramolecular Hbond substituents is 1. The third-order valence-corrected chi connectivity index (χ3v) is 13.0. The van der Waals surface area contributed by atoms with Crippen molar-refractivity contribution in [3.05, 3.63) is 152 Å². The molecule has 0 fully saturated rings. The molecule has 1 N–H and O–H groups in total. The van der Waals surface area contributed by atoms with E-state index in [2.05, 4.69) is 9.97 Å². The first kappa shape index (κ1) is 42.6. The molecule has 0 bridgehead atoms. The molecule has 4 aromatic heterocycles. The molecule has 6 heterocycles. The lowest BCUT2D eigenvalue weighted by molar-refractivity contribution is 0.246. The number of allylic oxidation sites excluding steroid dienone is 2. The standard InChI is InChI=1S/C46H44N10O11/c1-49-32-21-38(66-5)36(64-3)19-30(32)47-28(41(49)58)14-16-51-43(60)53-18-13-27-34(55(53)45(51)62)23-54-44(61)52(46(63)56(54)40(27)26-11-12-35(57)25-10-8-7-9-24(25)26)17-15-29-42(59)50(2)33-22-39(67-6)37(65-4)20-31(33)48-29/h7-13,19-22,34,40,57H,14-18,23H2,1-6H3. The van der Waals surface area contributed by atoms with Gasteiger partial charge in [0.25, 0.3) is 11.1 Å². The number of hydrogen-bond acceptors (Lipinski definition) is 13. The molecule has 0 spiro atoms. The summed E-state index contributed by atoms with van der Waals surface area (Å²) in [6.07, 6.45) is 1.63. The second-order valence-corrected chi connectivity index (χ2v) is 16.4. The zero-order valence-corrected chi connectivity index (χ0v) is 37.3. The third kappa shape index (κ3) is 6.43. The number of fused-ring (bicyclic) bond motifs is 7. The largest absolute Gasteiger partial charge is 0.507 e. The van der Waals surface area contributed by atoms with Gasteiger partial charge < -0.3 is 33.2 Å². The molecule has 0 saturated heterocycles. The fourth-order valence-corrected chi connectivity index (χ4v) is 9.64. The minimum Gasteiger partial charge on any atom is -0.507 e. The Kier molecular flexibility index (Phi) is 10.1. The van der Waals surface area contributed by atoms with Crippen LogP contribution in [0.15, 0.2) is 101 Å². The van der Waals surface area contributed by atoms with E-state index in [1.807, 2.05) is 0 Å². The fraction of sp³-hybridized carbons (Fsp3) is 0.304. The number of phenols is 1. The summed E-state index contributed by atoms with van der Waals surface area (Å²) in [6.45, 7) is -0.672. The summed E-state index contributed by atoms with van der Waals surface area (Å²) < 4.78 is 31.8. The molecular weight excluding hydrogens is 869 g/mol. The van der Waals surface area contributed by atoms with E-state index in [1.54, 1.807) is 74.8 Å². The van der Waals surface area contributed by atoms with Crippen molar-refractivity contribution in [3.8, 4) is 28.7 Å². The van der Waals surface area contributed by atoms with Gasteiger partial charge in [0.15, 0.2) is 23.0 Å². The Morgan fingerprint density at radius 3 is 1.64 bits per heavy atom. The van der Waals surface area contributed by atoms with Gasteiger partial charge in [-0.1, -0.05) is 36.4 Å². The Morgan fingerprint density at radius 1 is 0.612 bits per heavy atom. The number of aryl methyl sites for hydroxylation is 4. The first-order valence-corrected chi connectivity index (χ1v) is 21.3. The maximum absolute atomic E-state index is 14.7. The van der Waals surface area contributed by atoms with Gasteiger partial charge in [-0.15, -0.1) is 0 Å². The summed E-state index contributed by atoms with van der Waals surface area (Å²) in [4.78, 5) is 94.5. The van der Waals surface area contributed by atoms with Crippen LogP contribution in [0, 0.1) is 0 Å². The molecule has 4 aromatic carbocycles. The lowest BCUT2D eigenvalue weighted by Crippen LogP contribution is -2.47. The average molecular weight is 913 g/mol. The molecule has 0 amide bonds. The van der Waals surface area contributed by atoms with Crippen molar-refractivity contribution < 1.29 is 24.1 Å². The van der Waals surface area contributed by atoms with Gasteiger partial charge in [0.2, 0.25) is 0 Å². The number of ether oxygens (including phenoxy) is 4. The van der Waals surface area contributed by atoms with Gasteiger partial charge in [-0.05, 0) is 22.6 Å². The van der Waals surface area contributed by atoms with E-state index in [1.165, 1.54) is 62.4 Å². The average Bonchev–Trinajstić information content (AvgIpc) is 3.73. The Hall–Kier alpha value is -8.36. The monoisotopic (exact) mass is 912 g/mol. The van der Waals surface area contributed by atoms with Gasteiger partial charge in [0.05, 0.1) is 69.6 Å². The number of methoxy groups -OCH3 is 4. The van der Waals surface area contributed by atoms with Crippen LogP contribution in [0.4, 0.5) is 0 Å². The summed E-state index contributed by atoms with van der Waals surface area (Å²) in [7, 11) is 9.13. The van der Waals surface area contributed by atoms with Gasteiger partial charge in [0.1, 0.15) is 23.2 Å². The smallest absolute Gasteiger partial charge is 0.348 e. The zero-order chi connectivity index (χ0) is 47.2. The highest BCUT2D eigenvalue weighted by Crippen LogP contribution is 2.42. The van der Waals surface area contributed by atoms with Gasteiger partial charge in [0, 0.05) is 69.7 Å². The topological polar surface area (TPSA) is 225 Å².